The second-order valence-electron chi connectivity index (χ2n) is 5.02. The van der Waals surface area contributed by atoms with Crippen LogP contribution >= 0.6 is 0 Å². The smallest absolute Gasteiger partial charge is 0.244 e. The number of sulfonamides is 1. The summed E-state index contributed by atoms with van der Waals surface area (Å²) < 4.78 is 37.7. The van der Waals surface area contributed by atoms with E-state index < -0.39 is 10.0 Å². The van der Waals surface area contributed by atoms with Gasteiger partial charge < -0.3 is 9.47 Å². The number of benzene rings is 2. The van der Waals surface area contributed by atoms with Crippen molar-refractivity contribution in [3.8, 4) is 11.5 Å². The van der Waals surface area contributed by atoms with Crippen LogP contribution in [0.2, 0.25) is 0 Å². The highest BCUT2D eigenvalue weighted by atomic mass is 32.2. The molecule has 1 N–H and O–H groups in total. The van der Waals surface area contributed by atoms with Crippen LogP contribution in [0.3, 0.4) is 0 Å². The van der Waals surface area contributed by atoms with Crippen molar-refractivity contribution >= 4 is 16.1 Å². The molecule has 0 heterocycles. The minimum Gasteiger partial charge on any atom is -0.497 e. The molecule has 0 spiro atoms. The van der Waals surface area contributed by atoms with E-state index in [1.54, 1.807) is 12.1 Å². The minimum absolute atomic E-state index is 0.0661. The van der Waals surface area contributed by atoms with Crippen LogP contribution in [0.4, 0.5) is 0 Å². The molecule has 2 aromatic rings. The Kier molecular flexibility index (Phi) is 6.40. The van der Waals surface area contributed by atoms with Crippen LogP contribution in [-0.2, 0) is 10.0 Å². The lowest BCUT2D eigenvalue weighted by atomic mass is 10.2. The summed E-state index contributed by atoms with van der Waals surface area (Å²) in [4.78, 5) is 0.0661. The molecular formula is C18H21NO4S. The summed E-state index contributed by atoms with van der Waals surface area (Å²) >= 11 is 0. The van der Waals surface area contributed by atoms with Crippen LogP contribution < -0.4 is 14.2 Å². The van der Waals surface area contributed by atoms with E-state index in [1.807, 2.05) is 42.5 Å². The summed E-state index contributed by atoms with van der Waals surface area (Å²) in [7, 11) is -0.750. The van der Waals surface area contributed by atoms with Gasteiger partial charge >= 0.3 is 0 Å². The number of hydrogen-bond acceptors (Lipinski definition) is 4. The average Bonchev–Trinajstić information content (AvgIpc) is 2.61. The van der Waals surface area contributed by atoms with E-state index in [2.05, 4.69) is 4.72 Å². The van der Waals surface area contributed by atoms with E-state index in [1.165, 1.54) is 20.3 Å². The fourth-order valence-corrected chi connectivity index (χ4v) is 3.36. The summed E-state index contributed by atoms with van der Waals surface area (Å²) in [6, 6.07) is 14.5. The van der Waals surface area contributed by atoms with Gasteiger partial charge in [-0.15, -0.1) is 0 Å². The summed E-state index contributed by atoms with van der Waals surface area (Å²) in [6.45, 7) is 0.298. The zero-order chi connectivity index (χ0) is 17.4. The molecule has 0 amide bonds. The van der Waals surface area contributed by atoms with Gasteiger partial charge in [-0.1, -0.05) is 42.5 Å². The molecule has 6 heteroatoms. The Morgan fingerprint density at radius 2 is 1.79 bits per heavy atom. The van der Waals surface area contributed by atoms with Crippen molar-refractivity contribution in [3.63, 3.8) is 0 Å². The third-order valence-corrected chi connectivity index (χ3v) is 4.86. The number of rotatable bonds is 8. The van der Waals surface area contributed by atoms with Crippen LogP contribution in [0.15, 0.2) is 59.5 Å². The van der Waals surface area contributed by atoms with E-state index in [-0.39, 0.29) is 10.6 Å². The number of methoxy groups -OCH3 is 2. The maximum absolute atomic E-state index is 12.4. The topological polar surface area (TPSA) is 64.6 Å². The first kappa shape index (κ1) is 18.0. The molecule has 2 rings (SSSR count). The van der Waals surface area contributed by atoms with Gasteiger partial charge in [-0.25, -0.2) is 13.1 Å². The lowest BCUT2D eigenvalue weighted by Crippen LogP contribution is -2.25. The Bertz CT molecular complexity index is 786. The van der Waals surface area contributed by atoms with Crippen LogP contribution in [0.25, 0.3) is 6.08 Å². The summed E-state index contributed by atoms with van der Waals surface area (Å²) in [5.41, 5.74) is 1.08. The van der Waals surface area contributed by atoms with Crippen molar-refractivity contribution in [1.29, 1.82) is 0 Å². The Hall–Kier alpha value is -2.31. The van der Waals surface area contributed by atoms with Crippen LogP contribution in [0, 0.1) is 0 Å². The molecule has 0 saturated carbocycles. The second kappa shape index (κ2) is 8.52. The van der Waals surface area contributed by atoms with Crippen LogP contribution in [0.1, 0.15) is 12.0 Å². The minimum atomic E-state index is -3.67. The molecule has 0 fully saturated rings. The normalized spacial score (nSPS) is 11.6. The molecule has 0 aliphatic carbocycles. The molecule has 2 aromatic carbocycles. The van der Waals surface area contributed by atoms with Gasteiger partial charge in [0.15, 0.2) is 0 Å². The van der Waals surface area contributed by atoms with Gasteiger partial charge in [0.2, 0.25) is 10.0 Å². The Labute approximate surface area is 143 Å². The molecule has 0 saturated heterocycles. The van der Waals surface area contributed by atoms with Crippen molar-refractivity contribution < 1.29 is 17.9 Å². The summed E-state index contributed by atoms with van der Waals surface area (Å²) in [6.07, 6.45) is 4.47. The lowest BCUT2D eigenvalue weighted by molar-refractivity contribution is 0.392. The van der Waals surface area contributed by atoms with E-state index in [4.69, 9.17) is 9.47 Å². The highest BCUT2D eigenvalue weighted by molar-refractivity contribution is 7.89. The first-order valence-corrected chi connectivity index (χ1v) is 8.98. The molecule has 0 aliphatic rings. The van der Waals surface area contributed by atoms with Crippen LogP contribution in [0.5, 0.6) is 11.5 Å². The van der Waals surface area contributed by atoms with Gasteiger partial charge in [0, 0.05) is 12.6 Å². The quantitative estimate of drug-likeness (QED) is 0.745. The SMILES string of the molecule is COc1ccc(OC)c(S(=O)(=O)NCC/C=C/c2ccccc2)c1. The van der Waals surface area contributed by atoms with Crippen molar-refractivity contribution in [2.45, 2.75) is 11.3 Å². The van der Waals surface area contributed by atoms with Gasteiger partial charge in [-0.05, 0) is 24.1 Å². The second-order valence-corrected chi connectivity index (χ2v) is 6.75. The molecule has 0 aromatic heterocycles. The van der Waals surface area contributed by atoms with Crippen molar-refractivity contribution in [2.24, 2.45) is 0 Å². The molecule has 0 aliphatic heterocycles. The van der Waals surface area contributed by atoms with E-state index in [0.29, 0.717) is 18.7 Å². The van der Waals surface area contributed by atoms with Crippen LogP contribution in [-0.4, -0.2) is 29.2 Å². The van der Waals surface area contributed by atoms with Crippen molar-refractivity contribution in [2.75, 3.05) is 20.8 Å². The molecule has 24 heavy (non-hydrogen) atoms. The average molecular weight is 347 g/mol. The van der Waals surface area contributed by atoms with Crippen molar-refractivity contribution in [1.82, 2.24) is 4.72 Å². The predicted molar refractivity (Wildman–Crippen MR) is 94.8 cm³/mol. The van der Waals surface area contributed by atoms with Crippen molar-refractivity contribution in [3.05, 3.63) is 60.2 Å². The van der Waals surface area contributed by atoms with Gasteiger partial charge in [-0.2, -0.15) is 0 Å². The highest BCUT2D eigenvalue weighted by Crippen LogP contribution is 2.27. The Morgan fingerprint density at radius 3 is 2.46 bits per heavy atom. The first-order chi connectivity index (χ1) is 11.6. The third kappa shape index (κ3) is 4.84. The van der Waals surface area contributed by atoms with Gasteiger partial charge in [0.25, 0.3) is 0 Å². The zero-order valence-corrected chi connectivity index (χ0v) is 14.5. The van der Waals surface area contributed by atoms with E-state index >= 15 is 0 Å². The van der Waals surface area contributed by atoms with Gasteiger partial charge in [-0.3, -0.25) is 0 Å². The summed E-state index contributed by atoms with van der Waals surface area (Å²) in [5.74, 6) is 0.739. The fourth-order valence-electron chi connectivity index (χ4n) is 2.13. The Morgan fingerprint density at radius 1 is 1.04 bits per heavy atom. The molecular weight excluding hydrogens is 326 g/mol. The molecule has 0 unspecified atom stereocenters. The fraction of sp³-hybridized carbons (Fsp3) is 0.222. The third-order valence-electron chi connectivity index (χ3n) is 3.37. The molecule has 0 radical (unpaired) electrons. The maximum atomic E-state index is 12.4. The number of hydrogen-bond donors (Lipinski definition) is 1. The first-order valence-electron chi connectivity index (χ1n) is 7.50. The Balaban J connectivity index is 2.00. The summed E-state index contributed by atoms with van der Waals surface area (Å²) in [5, 5.41) is 0. The zero-order valence-electron chi connectivity index (χ0n) is 13.7. The molecule has 128 valence electrons. The predicted octanol–water partition coefficient (Wildman–Crippen LogP) is 3.09. The largest absolute Gasteiger partial charge is 0.497 e. The van der Waals surface area contributed by atoms with Gasteiger partial charge in [0.1, 0.15) is 16.4 Å². The lowest BCUT2D eigenvalue weighted by Gasteiger charge is -2.11. The van der Waals surface area contributed by atoms with E-state index in [0.717, 1.165) is 5.56 Å². The number of nitrogens with one attached hydrogen (secondary N) is 1. The molecule has 0 bridgehead atoms. The molecule has 0 atom stereocenters. The van der Waals surface area contributed by atoms with Gasteiger partial charge in [0.05, 0.1) is 14.2 Å². The molecule has 5 nitrogen and oxygen atoms in total. The number of ether oxygens (including phenoxy) is 2. The standard InChI is InChI=1S/C18H21NO4S/c1-22-16-11-12-17(23-2)18(14-16)24(20,21)19-13-7-6-10-15-8-4-3-5-9-15/h3-6,8-12,14,19H,7,13H2,1-2H3/b10-6+. The maximum Gasteiger partial charge on any atom is 0.244 e. The van der Waals surface area contributed by atoms with E-state index in [9.17, 15) is 8.42 Å². The highest BCUT2D eigenvalue weighted by Gasteiger charge is 2.19. The monoisotopic (exact) mass is 347 g/mol.